The fourth-order valence-corrected chi connectivity index (χ4v) is 5.91. The summed E-state index contributed by atoms with van der Waals surface area (Å²) in [4.78, 5) is 14.6. The Kier molecular flexibility index (Phi) is 6.69. The fourth-order valence-electron chi connectivity index (χ4n) is 2.89. The maximum absolute atomic E-state index is 12.9. The molecule has 2 aromatic rings. The van der Waals surface area contributed by atoms with Gasteiger partial charge in [0.15, 0.2) is 0 Å². The van der Waals surface area contributed by atoms with Crippen LogP contribution >= 0.6 is 11.3 Å². The SMILES string of the molecule is CN(CCOc1ccc(F)cc1)C(=O)Cc1ccc(S(=O)(=O)N2CCCC2)s1. The molecule has 3 rings (SSSR count). The summed E-state index contributed by atoms with van der Waals surface area (Å²) in [5.74, 6) is 0.0913. The quantitative estimate of drug-likeness (QED) is 0.651. The van der Waals surface area contributed by atoms with Crippen molar-refractivity contribution < 1.29 is 22.3 Å². The Balaban J connectivity index is 1.50. The van der Waals surface area contributed by atoms with Crippen molar-refractivity contribution in [3.8, 4) is 5.75 Å². The number of halogens is 1. The molecule has 1 amide bonds. The summed E-state index contributed by atoms with van der Waals surface area (Å²) in [6.45, 7) is 1.78. The summed E-state index contributed by atoms with van der Waals surface area (Å²) in [7, 11) is -1.77. The molecule has 6 nitrogen and oxygen atoms in total. The van der Waals surface area contributed by atoms with Crippen molar-refractivity contribution in [1.29, 1.82) is 0 Å². The third-order valence-electron chi connectivity index (χ3n) is 4.56. The summed E-state index contributed by atoms with van der Waals surface area (Å²) in [6, 6.07) is 8.98. The molecular weight excluding hydrogens is 403 g/mol. The van der Waals surface area contributed by atoms with Gasteiger partial charge in [0.1, 0.15) is 22.4 Å². The molecular formula is C19H23FN2O4S2. The van der Waals surface area contributed by atoms with Crippen LogP contribution in [0, 0.1) is 5.82 Å². The molecule has 0 unspecified atom stereocenters. The number of rotatable bonds is 8. The highest BCUT2D eigenvalue weighted by Gasteiger charge is 2.28. The van der Waals surface area contributed by atoms with E-state index in [0.29, 0.717) is 34.5 Å². The van der Waals surface area contributed by atoms with Crippen LogP contribution < -0.4 is 4.74 Å². The van der Waals surface area contributed by atoms with Crippen molar-refractivity contribution in [2.75, 3.05) is 33.3 Å². The second-order valence-electron chi connectivity index (χ2n) is 6.63. The molecule has 152 valence electrons. The van der Waals surface area contributed by atoms with Gasteiger partial charge in [-0.15, -0.1) is 11.3 Å². The van der Waals surface area contributed by atoms with E-state index < -0.39 is 10.0 Å². The van der Waals surface area contributed by atoms with Gasteiger partial charge in [-0.2, -0.15) is 4.31 Å². The van der Waals surface area contributed by atoms with E-state index in [2.05, 4.69) is 0 Å². The second kappa shape index (κ2) is 9.02. The van der Waals surface area contributed by atoms with Gasteiger partial charge in [-0.25, -0.2) is 12.8 Å². The van der Waals surface area contributed by atoms with E-state index in [0.717, 1.165) is 24.2 Å². The number of hydrogen-bond acceptors (Lipinski definition) is 5. The zero-order valence-electron chi connectivity index (χ0n) is 15.6. The van der Waals surface area contributed by atoms with Crippen LogP contribution in [-0.4, -0.2) is 56.8 Å². The third-order valence-corrected chi connectivity index (χ3v) is 8.01. The number of thiophene rings is 1. The Morgan fingerprint density at radius 2 is 1.86 bits per heavy atom. The molecule has 1 aliphatic rings. The Morgan fingerprint density at radius 3 is 2.54 bits per heavy atom. The highest BCUT2D eigenvalue weighted by atomic mass is 32.2. The topological polar surface area (TPSA) is 66.9 Å². The summed E-state index contributed by atoms with van der Waals surface area (Å²) < 4.78 is 45.3. The molecule has 2 heterocycles. The van der Waals surface area contributed by atoms with Crippen LogP contribution in [0.3, 0.4) is 0 Å². The van der Waals surface area contributed by atoms with E-state index in [1.165, 1.54) is 33.5 Å². The van der Waals surface area contributed by atoms with Gasteiger partial charge >= 0.3 is 0 Å². The van der Waals surface area contributed by atoms with E-state index in [1.54, 1.807) is 19.2 Å². The van der Waals surface area contributed by atoms with Crippen LogP contribution in [0.4, 0.5) is 4.39 Å². The van der Waals surface area contributed by atoms with E-state index in [-0.39, 0.29) is 24.8 Å². The van der Waals surface area contributed by atoms with Gasteiger partial charge in [0, 0.05) is 25.0 Å². The summed E-state index contributed by atoms with van der Waals surface area (Å²) in [5.41, 5.74) is 0. The lowest BCUT2D eigenvalue weighted by Crippen LogP contribution is -2.31. The van der Waals surface area contributed by atoms with E-state index in [1.807, 2.05) is 0 Å². The lowest BCUT2D eigenvalue weighted by molar-refractivity contribution is -0.129. The first-order valence-corrected chi connectivity index (χ1v) is 11.3. The van der Waals surface area contributed by atoms with Crippen LogP contribution in [0.5, 0.6) is 5.75 Å². The zero-order chi connectivity index (χ0) is 20.1. The summed E-state index contributed by atoms with van der Waals surface area (Å²) in [6.07, 6.45) is 1.93. The van der Waals surface area contributed by atoms with Crippen LogP contribution in [0.15, 0.2) is 40.6 Å². The Hall–Kier alpha value is -1.97. The molecule has 9 heteroatoms. The number of amides is 1. The van der Waals surface area contributed by atoms with Crippen molar-refractivity contribution in [1.82, 2.24) is 9.21 Å². The molecule has 0 saturated carbocycles. The van der Waals surface area contributed by atoms with Gasteiger partial charge in [-0.3, -0.25) is 4.79 Å². The van der Waals surface area contributed by atoms with Gasteiger partial charge in [-0.1, -0.05) is 0 Å². The molecule has 0 spiro atoms. The van der Waals surface area contributed by atoms with Crippen molar-refractivity contribution in [3.63, 3.8) is 0 Å². The van der Waals surface area contributed by atoms with Crippen LogP contribution in [0.25, 0.3) is 0 Å². The molecule has 0 bridgehead atoms. The van der Waals surface area contributed by atoms with Crippen molar-refractivity contribution in [3.05, 3.63) is 47.1 Å². The highest BCUT2D eigenvalue weighted by Crippen LogP contribution is 2.27. The highest BCUT2D eigenvalue weighted by molar-refractivity contribution is 7.91. The maximum atomic E-state index is 12.9. The smallest absolute Gasteiger partial charge is 0.252 e. The first-order chi connectivity index (χ1) is 13.4. The van der Waals surface area contributed by atoms with Gasteiger partial charge < -0.3 is 9.64 Å². The summed E-state index contributed by atoms with van der Waals surface area (Å²) in [5, 5.41) is 0. The molecule has 1 saturated heterocycles. The Morgan fingerprint density at radius 1 is 1.18 bits per heavy atom. The predicted octanol–water partition coefficient (Wildman–Crippen LogP) is 2.75. The Bertz CT molecular complexity index is 906. The van der Waals surface area contributed by atoms with E-state index in [9.17, 15) is 17.6 Å². The summed E-state index contributed by atoms with van der Waals surface area (Å²) >= 11 is 1.15. The molecule has 0 atom stereocenters. The van der Waals surface area contributed by atoms with E-state index >= 15 is 0 Å². The average Bonchev–Trinajstić information content (AvgIpc) is 3.35. The van der Waals surface area contributed by atoms with Crippen molar-refractivity contribution in [2.24, 2.45) is 0 Å². The van der Waals surface area contributed by atoms with Gasteiger partial charge in [0.05, 0.1) is 13.0 Å². The second-order valence-corrected chi connectivity index (χ2v) is 9.96. The first-order valence-electron chi connectivity index (χ1n) is 9.07. The number of hydrogen-bond donors (Lipinski definition) is 0. The molecule has 1 aliphatic heterocycles. The van der Waals surface area contributed by atoms with Crippen molar-refractivity contribution in [2.45, 2.75) is 23.5 Å². The number of carbonyl (C=O) groups is 1. The van der Waals surface area contributed by atoms with Gasteiger partial charge in [0.25, 0.3) is 10.0 Å². The molecule has 1 aromatic carbocycles. The number of ether oxygens (including phenoxy) is 1. The van der Waals surface area contributed by atoms with Gasteiger partial charge in [0.2, 0.25) is 5.91 Å². The zero-order valence-corrected chi connectivity index (χ0v) is 17.3. The van der Waals surface area contributed by atoms with Crippen LogP contribution in [0.1, 0.15) is 17.7 Å². The number of carbonyl (C=O) groups excluding carboxylic acids is 1. The monoisotopic (exact) mass is 426 g/mol. The van der Waals surface area contributed by atoms with Gasteiger partial charge in [-0.05, 0) is 49.2 Å². The number of likely N-dealkylation sites (N-methyl/N-ethyl adjacent to an activating group) is 1. The number of nitrogens with zero attached hydrogens (tertiary/aromatic N) is 2. The van der Waals surface area contributed by atoms with Crippen LogP contribution in [0.2, 0.25) is 0 Å². The molecule has 0 N–H and O–H groups in total. The average molecular weight is 427 g/mol. The largest absolute Gasteiger partial charge is 0.492 e. The fraction of sp³-hybridized carbons (Fsp3) is 0.421. The first kappa shape index (κ1) is 20.8. The molecule has 1 fully saturated rings. The number of sulfonamides is 1. The maximum Gasteiger partial charge on any atom is 0.252 e. The normalized spacial score (nSPS) is 14.9. The van der Waals surface area contributed by atoms with Crippen LogP contribution in [-0.2, 0) is 21.2 Å². The third kappa shape index (κ3) is 5.09. The molecule has 0 radical (unpaired) electrons. The minimum absolute atomic E-state index is 0.116. The van der Waals surface area contributed by atoms with Crippen molar-refractivity contribution >= 4 is 27.3 Å². The molecule has 28 heavy (non-hydrogen) atoms. The Labute approximate surface area is 168 Å². The minimum atomic E-state index is -3.44. The number of benzene rings is 1. The molecule has 1 aromatic heterocycles. The molecule has 0 aliphatic carbocycles. The van der Waals surface area contributed by atoms with E-state index in [4.69, 9.17) is 4.74 Å². The minimum Gasteiger partial charge on any atom is -0.492 e. The lowest BCUT2D eigenvalue weighted by atomic mass is 10.3. The lowest BCUT2D eigenvalue weighted by Gasteiger charge is -2.17. The predicted molar refractivity (Wildman–Crippen MR) is 106 cm³/mol. The standard InChI is InChI=1S/C19H23FN2O4S2/c1-21(12-13-26-16-6-4-15(20)5-7-16)18(23)14-17-8-9-19(27-17)28(24,25)22-10-2-3-11-22/h4-9H,2-3,10-14H2,1H3.